The molecule has 0 atom stereocenters. The molecule has 0 unspecified atom stereocenters. The molecule has 5 heteroatoms. The number of hydrogen-bond donors (Lipinski definition) is 1. The number of methoxy groups -OCH3 is 1. The molecule has 0 amide bonds. The second-order valence-corrected chi connectivity index (χ2v) is 3.16. The van der Waals surface area contributed by atoms with Gasteiger partial charge in [-0.3, -0.25) is 10.2 Å². The summed E-state index contributed by atoms with van der Waals surface area (Å²) in [4.78, 5) is 10.8. The van der Waals surface area contributed by atoms with Gasteiger partial charge in [0.25, 0.3) is 0 Å². The van der Waals surface area contributed by atoms with E-state index in [0.717, 1.165) is 0 Å². The average molecular weight is 227 g/mol. The number of anilines is 1. The van der Waals surface area contributed by atoms with Gasteiger partial charge in [0.1, 0.15) is 5.75 Å². The number of carbonyl (C=O) groups is 1. The standard InChI is InChI=1S/C10H11ClN2O2/c1-7(14)10(11)13-12-8-4-3-5-9(6-8)15-2/h3-6,12H,1-2H3/b13-10+. The number of nitrogens with one attached hydrogen (secondary N) is 1. The minimum absolute atomic E-state index is 0.0854. The number of carbonyl (C=O) groups excluding carboxylic acids is 1. The van der Waals surface area contributed by atoms with Crippen molar-refractivity contribution in [1.82, 2.24) is 0 Å². The summed E-state index contributed by atoms with van der Waals surface area (Å²) in [6.45, 7) is 1.35. The lowest BCUT2D eigenvalue weighted by atomic mass is 10.3. The molecule has 0 spiro atoms. The van der Waals surface area contributed by atoms with Crippen LogP contribution in [0, 0.1) is 0 Å². The van der Waals surface area contributed by atoms with Crippen molar-refractivity contribution in [3.05, 3.63) is 24.3 Å². The summed E-state index contributed by atoms with van der Waals surface area (Å²) in [5.74, 6) is 0.418. The van der Waals surface area contributed by atoms with Crippen molar-refractivity contribution in [2.24, 2.45) is 5.10 Å². The van der Waals surface area contributed by atoms with Gasteiger partial charge in [-0.1, -0.05) is 17.7 Å². The molecular formula is C10H11ClN2O2. The fourth-order valence-corrected chi connectivity index (χ4v) is 0.927. The van der Waals surface area contributed by atoms with Gasteiger partial charge >= 0.3 is 0 Å². The highest BCUT2D eigenvalue weighted by Gasteiger charge is 2.00. The van der Waals surface area contributed by atoms with Crippen LogP contribution in [0.25, 0.3) is 0 Å². The van der Waals surface area contributed by atoms with Crippen LogP contribution in [0.15, 0.2) is 29.4 Å². The number of halogens is 1. The molecule has 1 aromatic rings. The quantitative estimate of drug-likeness (QED) is 0.633. The van der Waals surface area contributed by atoms with Crippen LogP contribution in [-0.2, 0) is 4.79 Å². The Hall–Kier alpha value is -1.55. The second kappa shape index (κ2) is 5.36. The molecule has 0 radical (unpaired) electrons. The Kier molecular flexibility index (Phi) is 4.12. The molecule has 0 aliphatic carbocycles. The number of hydrogen-bond acceptors (Lipinski definition) is 4. The third kappa shape index (κ3) is 3.59. The molecular weight excluding hydrogens is 216 g/mol. The minimum atomic E-state index is -0.285. The molecule has 0 fully saturated rings. The van der Waals surface area contributed by atoms with E-state index >= 15 is 0 Å². The summed E-state index contributed by atoms with van der Waals surface area (Å²) in [6, 6.07) is 7.14. The van der Waals surface area contributed by atoms with Crippen LogP contribution < -0.4 is 10.2 Å². The van der Waals surface area contributed by atoms with E-state index in [-0.39, 0.29) is 11.0 Å². The molecule has 80 valence electrons. The molecule has 0 saturated carbocycles. The molecule has 4 nitrogen and oxygen atoms in total. The predicted molar refractivity (Wildman–Crippen MR) is 60.6 cm³/mol. The Bertz CT molecular complexity index is 391. The molecule has 1 rings (SSSR count). The van der Waals surface area contributed by atoms with Crippen LogP contribution in [0.3, 0.4) is 0 Å². The maximum atomic E-state index is 10.8. The Morgan fingerprint density at radius 3 is 2.87 bits per heavy atom. The number of rotatable bonds is 4. The van der Waals surface area contributed by atoms with Gasteiger partial charge < -0.3 is 4.74 Å². The summed E-state index contributed by atoms with van der Waals surface area (Å²) in [5, 5.41) is 3.61. The fourth-order valence-electron chi connectivity index (χ4n) is 0.885. The third-order valence-corrected chi connectivity index (χ3v) is 1.99. The Labute approximate surface area is 92.9 Å². The summed E-state index contributed by atoms with van der Waals surface area (Å²) in [7, 11) is 1.57. The average Bonchev–Trinajstić information content (AvgIpc) is 2.26. The number of hydrazone groups is 1. The third-order valence-electron chi connectivity index (χ3n) is 1.64. The van der Waals surface area contributed by atoms with Crippen LogP contribution in [0.1, 0.15) is 6.92 Å². The Balaban J connectivity index is 2.73. The van der Waals surface area contributed by atoms with E-state index in [1.54, 1.807) is 25.3 Å². The molecule has 0 heterocycles. The van der Waals surface area contributed by atoms with E-state index in [9.17, 15) is 4.79 Å². The van der Waals surface area contributed by atoms with Crippen molar-refractivity contribution < 1.29 is 9.53 Å². The lowest BCUT2D eigenvalue weighted by molar-refractivity contribution is -0.110. The van der Waals surface area contributed by atoms with Crippen molar-refractivity contribution in [3.8, 4) is 5.75 Å². The van der Waals surface area contributed by atoms with E-state index in [2.05, 4.69) is 10.5 Å². The van der Waals surface area contributed by atoms with Gasteiger partial charge in [-0.05, 0) is 12.1 Å². The van der Waals surface area contributed by atoms with Crippen molar-refractivity contribution in [2.75, 3.05) is 12.5 Å². The zero-order valence-corrected chi connectivity index (χ0v) is 9.21. The Morgan fingerprint density at radius 2 is 2.27 bits per heavy atom. The Morgan fingerprint density at radius 1 is 1.53 bits per heavy atom. The second-order valence-electron chi connectivity index (χ2n) is 2.80. The van der Waals surface area contributed by atoms with Gasteiger partial charge in [0.15, 0.2) is 11.0 Å². The number of ketones is 1. The molecule has 15 heavy (non-hydrogen) atoms. The van der Waals surface area contributed by atoms with Crippen LogP contribution >= 0.6 is 11.6 Å². The first-order valence-electron chi connectivity index (χ1n) is 4.27. The first-order valence-corrected chi connectivity index (χ1v) is 4.65. The van der Waals surface area contributed by atoms with Crippen LogP contribution in [0.2, 0.25) is 0 Å². The van der Waals surface area contributed by atoms with Gasteiger partial charge in [-0.15, -0.1) is 0 Å². The van der Waals surface area contributed by atoms with Gasteiger partial charge in [0, 0.05) is 13.0 Å². The number of benzene rings is 1. The van der Waals surface area contributed by atoms with Crippen molar-refractivity contribution in [1.29, 1.82) is 0 Å². The molecule has 0 aliphatic heterocycles. The van der Waals surface area contributed by atoms with Crippen molar-refractivity contribution in [2.45, 2.75) is 6.92 Å². The van der Waals surface area contributed by atoms with E-state index in [0.29, 0.717) is 11.4 Å². The van der Waals surface area contributed by atoms with Crippen LogP contribution in [0.5, 0.6) is 5.75 Å². The number of ether oxygens (including phenoxy) is 1. The topological polar surface area (TPSA) is 50.7 Å². The number of nitrogens with zero attached hydrogens (tertiary/aromatic N) is 1. The van der Waals surface area contributed by atoms with E-state index in [1.807, 2.05) is 6.07 Å². The van der Waals surface area contributed by atoms with E-state index < -0.39 is 0 Å². The highest BCUT2D eigenvalue weighted by atomic mass is 35.5. The fraction of sp³-hybridized carbons (Fsp3) is 0.200. The van der Waals surface area contributed by atoms with Crippen molar-refractivity contribution in [3.63, 3.8) is 0 Å². The smallest absolute Gasteiger partial charge is 0.191 e. The summed E-state index contributed by atoms with van der Waals surface area (Å²) in [5.41, 5.74) is 3.36. The molecule has 1 N–H and O–H groups in total. The number of Topliss-reactive ketones (excluding diaryl/α,β-unsaturated/α-hetero) is 1. The summed E-state index contributed by atoms with van der Waals surface area (Å²) < 4.78 is 5.02. The molecule has 0 aromatic heterocycles. The normalized spacial score (nSPS) is 11.0. The van der Waals surface area contributed by atoms with Crippen molar-refractivity contribution >= 4 is 28.2 Å². The molecule has 0 aliphatic rings. The van der Waals surface area contributed by atoms with E-state index in [4.69, 9.17) is 16.3 Å². The first kappa shape index (κ1) is 11.5. The molecule has 1 aromatic carbocycles. The lowest BCUT2D eigenvalue weighted by Gasteiger charge is -2.03. The lowest BCUT2D eigenvalue weighted by Crippen LogP contribution is -2.04. The maximum Gasteiger partial charge on any atom is 0.191 e. The predicted octanol–water partition coefficient (Wildman–Crippen LogP) is 2.25. The summed E-state index contributed by atoms with van der Waals surface area (Å²) in [6.07, 6.45) is 0. The van der Waals surface area contributed by atoms with E-state index in [1.165, 1.54) is 6.92 Å². The highest BCUT2D eigenvalue weighted by molar-refractivity contribution is 6.82. The first-order chi connectivity index (χ1) is 7.13. The van der Waals surface area contributed by atoms with Gasteiger partial charge in [-0.2, -0.15) is 5.10 Å². The maximum absolute atomic E-state index is 10.8. The van der Waals surface area contributed by atoms with Crippen LogP contribution in [0.4, 0.5) is 5.69 Å². The largest absolute Gasteiger partial charge is 0.497 e. The SMILES string of the molecule is COc1cccc(N/N=C(/Cl)C(C)=O)c1. The monoisotopic (exact) mass is 226 g/mol. The van der Waals surface area contributed by atoms with Gasteiger partial charge in [0.05, 0.1) is 12.8 Å². The summed E-state index contributed by atoms with van der Waals surface area (Å²) >= 11 is 5.55. The highest BCUT2D eigenvalue weighted by Crippen LogP contribution is 2.16. The van der Waals surface area contributed by atoms with Gasteiger partial charge in [-0.25, -0.2) is 0 Å². The van der Waals surface area contributed by atoms with Gasteiger partial charge in [0.2, 0.25) is 0 Å². The molecule has 0 bridgehead atoms. The minimum Gasteiger partial charge on any atom is -0.497 e. The zero-order chi connectivity index (χ0) is 11.3. The van der Waals surface area contributed by atoms with Crippen LogP contribution in [-0.4, -0.2) is 18.1 Å². The zero-order valence-electron chi connectivity index (χ0n) is 8.45. The molecule has 0 saturated heterocycles.